The summed E-state index contributed by atoms with van der Waals surface area (Å²) in [6.45, 7) is 3.49. The Balaban J connectivity index is 1.61. The van der Waals surface area contributed by atoms with Gasteiger partial charge in [0.1, 0.15) is 11.9 Å². The first kappa shape index (κ1) is 28.3. The molecule has 0 aromatic heterocycles. The number of nitrogens with one attached hydrogen (secondary N) is 1. The Morgan fingerprint density at radius 1 is 1.08 bits per heavy atom. The van der Waals surface area contributed by atoms with Crippen LogP contribution in [0.25, 0.3) is 0 Å². The Bertz CT molecular complexity index is 1040. The molecule has 2 aromatic carbocycles. The summed E-state index contributed by atoms with van der Waals surface area (Å²) < 4.78 is 44.6. The van der Waals surface area contributed by atoms with Crippen molar-refractivity contribution < 1.29 is 37.8 Å². The number of nitrogens with zero attached hydrogens (tertiary/aromatic N) is 2. The molecule has 1 aliphatic heterocycles. The van der Waals surface area contributed by atoms with Gasteiger partial charge < -0.3 is 19.6 Å². The van der Waals surface area contributed by atoms with Gasteiger partial charge in [-0.3, -0.25) is 14.8 Å². The fourth-order valence-electron chi connectivity index (χ4n) is 4.41. The minimum Gasteiger partial charge on any atom is -0.494 e. The van der Waals surface area contributed by atoms with Gasteiger partial charge in [0.2, 0.25) is 5.91 Å². The molecule has 0 saturated carbocycles. The molecule has 3 rings (SSSR count). The number of carbonyl (C=O) groups is 2. The van der Waals surface area contributed by atoms with Crippen molar-refractivity contribution in [3.8, 4) is 5.75 Å². The number of carbonyl (C=O) groups excluding carboxylic acids is 2. The standard InChI is InChI=1S/C26H32F3N3O5/c1-2-37-21-11-9-18(10-12-21)5-3-8-22(23(33)24(34)30-36)25(35)32-15-13-31(14-16-32)20-7-4-6-19(17-20)26(27,28)29/h4,6-7,9-12,17,22-23,33,36H,2-3,5,8,13-16H2,1H3,(H,30,34)/t22?,23-/m0/s1. The maximum Gasteiger partial charge on any atom is 0.416 e. The first-order valence-electron chi connectivity index (χ1n) is 12.2. The molecule has 0 bridgehead atoms. The zero-order valence-electron chi connectivity index (χ0n) is 20.6. The molecular formula is C26H32F3N3O5. The maximum absolute atomic E-state index is 13.3. The van der Waals surface area contributed by atoms with E-state index in [0.717, 1.165) is 23.4 Å². The van der Waals surface area contributed by atoms with Crippen LogP contribution < -0.4 is 15.1 Å². The Morgan fingerprint density at radius 3 is 2.35 bits per heavy atom. The number of benzene rings is 2. The monoisotopic (exact) mass is 523 g/mol. The van der Waals surface area contributed by atoms with Crippen LogP contribution in [-0.2, 0) is 22.2 Å². The first-order chi connectivity index (χ1) is 17.6. The van der Waals surface area contributed by atoms with Crippen molar-refractivity contribution in [3.63, 3.8) is 0 Å². The lowest BCUT2D eigenvalue weighted by Crippen LogP contribution is -2.53. The van der Waals surface area contributed by atoms with Gasteiger partial charge in [-0.05, 0) is 62.1 Å². The number of piperazine rings is 1. The number of aliphatic hydroxyl groups excluding tert-OH is 1. The highest BCUT2D eigenvalue weighted by Crippen LogP contribution is 2.32. The normalized spacial score (nSPS) is 15.7. The molecule has 1 unspecified atom stereocenters. The molecular weight excluding hydrogens is 491 g/mol. The Labute approximate surface area is 213 Å². The van der Waals surface area contributed by atoms with Gasteiger partial charge in [0, 0.05) is 31.9 Å². The van der Waals surface area contributed by atoms with E-state index in [2.05, 4.69) is 0 Å². The van der Waals surface area contributed by atoms with Crippen molar-refractivity contribution in [2.24, 2.45) is 5.92 Å². The van der Waals surface area contributed by atoms with Gasteiger partial charge in [-0.1, -0.05) is 18.2 Å². The third-order valence-corrected chi connectivity index (χ3v) is 6.42. The number of rotatable bonds is 10. The fraction of sp³-hybridized carbons (Fsp3) is 0.462. The molecule has 1 aliphatic rings. The SMILES string of the molecule is CCOc1ccc(CCCC(C(=O)N2CCN(c3cccc(C(F)(F)F)c3)CC2)[C@H](O)C(=O)NO)cc1. The summed E-state index contributed by atoms with van der Waals surface area (Å²) in [6, 6.07) is 12.5. The molecule has 1 heterocycles. The first-order valence-corrected chi connectivity index (χ1v) is 12.2. The Hall–Kier alpha value is -3.31. The van der Waals surface area contributed by atoms with Crippen molar-refractivity contribution in [3.05, 3.63) is 59.7 Å². The minimum absolute atomic E-state index is 0.203. The van der Waals surface area contributed by atoms with E-state index in [0.29, 0.717) is 38.2 Å². The highest BCUT2D eigenvalue weighted by atomic mass is 19.4. The van der Waals surface area contributed by atoms with Crippen LogP contribution in [0, 0.1) is 5.92 Å². The second-order valence-corrected chi connectivity index (χ2v) is 8.86. The lowest BCUT2D eigenvalue weighted by molar-refractivity contribution is -0.150. The van der Waals surface area contributed by atoms with E-state index >= 15 is 0 Å². The number of amides is 2. The second kappa shape index (κ2) is 12.8. The van der Waals surface area contributed by atoms with Crippen LogP contribution >= 0.6 is 0 Å². The van der Waals surface area contributed by atoms with Gasteiger partial charge in [0.05, 0.1) is 18.1 Å². The van der Waals surface area contributed by atoms with Crippen LogP contribution in [0.3, 0.4) is 0 Å². The van der Waals surface area contributed by atoms with Gasteiger partial charge in [-0.15, -0.1) is 0 Å². The molecule has 37 heavy (non-hydrogen) atoms. The lowest BCUT2D eigenvalue weighted by Gasteiger charge is -2.38. The molecule has 0 radical (unpaired) electrons. The maximum atomic E-state index is 13.3. The number of ether oxygens (including phenoxy) is 1. The topological polar surface area (TPSA) is 102 Å². The van der Waals surface area contributed by atoms with Gasteiger partial charge in [-0.2, -0.15) is 13.2 Å². The van der Waals surface area contributed by atoms with Crippen LogP contribution in [0.2, 0.25) is 0 Å². The van der Waals surface area contributed by atoms with Gasteiger partial charge in [0.25, 0.3) is 5.91 Å². The van der Waals surface area contributed by atoms with Crippen molar-refractivity contribution >= 4 is 17.5 Å². The van der Waals surface area contributed by atoms with Gasteiger partial charge in [0.15, 0.2) is 0 Å². The van der Waals surface area contributed by atoms with E-state index in [9.17, 15) is 27.9 Å². The zero-order chi connectivity index (χ0) is 27.0. The molecule has 3 N–H and O–H groups in total. The largest absolute Gasteiger partial charge is 0.494 e. The van der Waals surface area contributed by atoms with E-state index < -0.39 is 35.6 Å². The quantitative estimate of drug-likeness (QED) is 0.327. The number of anilines is 1. The van der Waals surface area contributed by atoms with Crippen molar-refractivity contribution in [1.29, 1.82) is 0 Å². The van der Waals surface area contributed by atoms with E-state index in [4.69, 9.17) is 9.94 Å². The Kier molecular flexibility index (Phi) is 9.76. The zero-order valence-corrected chi connectivity index (χ0v) is 20.6. The summed E-state index contributed by atoms with van der Waals surface area (Å²) in [5, 5.41) is 19.4. The number of hydrogen-bond acceptors (Lipinski definition) is 6. The summed E-state index contributed by atoms with van der Waals surface area (Å²) in [5.41, 5.74) is 2.08. The van der Waals surface area contributed by atoms with Crippen LogP contribution in [0.15, 0.2) is 48.5 Å². The molecule has 2 atom stereocenters. The fourth-order valence-corrected chi connectivity index (χ4v) is 4.41. The summed E-state index contributed by atoms with van der Waals surface area (Å²) in [7, 11) is 0. The van der Waals surface area contributed by atoms with Crippen molar-refractivity contribution in [2.75, 3.05) is 37.7 Å². The van der Waals surface area contributed by atoms with Gasteiger partial charge >= 0.3 is 6.18 Å². The summed E-state index contributed by atoms with van der Waals surface area (Å²) in [6.07, 6.45) is -4.87. The number of aliphatic hydroxyl groups is 1. The smallest absolute Gasteiger partial charge is 0.416 e. The molecule has 8 nitrogen and oxygen atoms in total. The summed E-state index contributed by atoms with van der Waals surface area (Å²) in [5.74, 6) is -1.83. The average molecular weight is 524 g/mol. The summed E-state index contributed by atoms with van der Waals surface area (Å²) >= 11 is 0. The van der Waals surface area contributed by atoms with E-state index in [1.54, 1.807) is 11.0 Å². The highest BCUT2D eigenvalue weighted by molar-refractivity contribution is 5.88. The molecule has 0 aliphatic carbocycles. The average Bonchev–Trinajstić information content (AvgIpc) is 2.90. The minimum atomic E-state index is -4.45. The van der Waals surface area contributed by atoms with Crippen LogP contribution in [0.4, 0.5) is 18.9 Å². The van der Waals surface area contributed by atoms with Gasteiger partial charge in [-0.25, -0.2) is 5.48 Å². The van der Waals surface area contributed by atoms with Crippen LogP contribution in [-0.4, -0.2) is 65.9 Å². The third-order valence-electron chi connectivity index (χ3n) is 6.42. The molecule has 11 heteroatoms. The van der Waals surface area contributed by atoms with E-state index in [1.807, 2.05) is 31.2 Å². The lowest BCUT2D eigenvalue weighted by atomic mass is 9.92. The van der Waals surface area contributed by atoms with Crippen molar-refractivity contribution in [1.82, 2.24) is 10.4 Å². The van der Waals surface area contributed by atoms with Crippen LogP contribution in [0.5, 0.6) is 5.75 Å². The number of alkyl halides is 3. The molecule has 202 valence electrons. The van der Waals surface area contributed by atoms with Crippen molar-refractivity contribution in [2.45, 2.75) is 38.5 Å². The van der Waals surface area contributed by atoms with E-state index in [-0.39, 0.29) is 19.5 Å². The number of hydroxylamine groups is 1. The predicted molar refractivity (Wildman–Crippen MR) is 130 cm³/mol. The molecule has 2 aromatic rings. The Morgan fingerprint density at radius 2 is 1.76 bits per heavy atom. The number of aryl methyl sites for hydroxylation is 1. The highest BCUT2D eigenvalue weighted by Gasteiger charge is 2.36. The third kappa shape index (κ3) is 7.59. The second-order valence-electron chi connectivity index (χ2n) is 8.86. The molecule has 0 spiro atoms. The molecule has 2 amide bonds. The van der Waals surface area contributed by atoms with E-state index in [1.165, 1.54) is 16.4 Å². The number of hydrogen-bond donors (Lipinski definition) is 3. The predicted octanol–water partition coefficient (Wildman–Crippen LogP) is 3.26. The molecule has 1 saturated heterocycles. The summed E-state index contributed by atoms with van der Waals surface area (Å²) in [4.78, 5) is 28.5. The molecule has 1 fully saturated rings. The number of halogens is 3. The van der Waals surface area contributed by atoms with Crippen LogP contribution in [0.1, 0.15) is 30.9 Å².